The minimum Gasteiger partial charge on any atom is -0.385 e. The fraction of sp³-hybridized carbons (Fsp3) is 0.625. The Kier molecular flexibility index (Phi) is 3.58. The average Bonchev–Trinajstić information content (AvgIpc) is 2.42. The van der Waals surface area contributed by atoms with Crippen LogP contribution in [-0.4, -0.2) is 5.11 Å². The molecule has 0 aliphatic heterocycles. The maximum Gasteiger partial charge on any atom is 0.0899 e. The van der Waals surface area contributed by atoms with Crippen LogP contribution in [0.1, 0.15) is 55.7 Å². The Morgan fingerprint density at radius 3 is 2.65 bits per heavy atom. The number of hydrogen-bond donors (Lipinski definition) is 1. The molecule has 1 fully saturated rings. The van der Waals surface area contributed by atoms with Crippen LogP contribution in [0.2, 0.25) is 0 Å². The highest BCUT2D eigenvalue weighted by Gasteiger charge is 2.32. The highest BCUT2D eigenvalue weighted by Crippen LogP contribution is 2.39. The summed E-state index contributed by atoms with van der Waals surface area (Å²) in [6.07, 6.45) is 5.38. The van der Waals surface area contributed by atoms with E-state index < -0.39 is 5.60 Å². The summed E-state index contributed by atoms with van der Waals surface area (Å²) in [7, 11) is 0. The van der Waals surface area contributed by atoms with Crippen molar-refractivity contribution in [2.24, 2.45) is 5.92 Å². The molecule has 0 saturated heterocycles. The Labute approximate surface area is 105 Å². The fourth-order valence-electron chi connectivity index (χ4n) is 3.10. The topological polar surface area (TPSA) is 20.2 Å². The van der Waals surface area contributed by atoms with E-state index in [-0.39, 0.29) is 0 Å². The predicted molar refractivity (Wildman–Crippen MR) is 72.1 cm³/mol. The lowest BCUT2D eigenvalue weighted by molar-refractivity contribution is 0.0192. The number of benzene rings is 1. The van der Waals surface area contributed by atoms with Crippen molar-refractivity contribution in [3.8, 4) is 0 Å². The van der Waals surface area contributed by atoms with E-state index in [0.717, 1.165) is 37.2 Å². The van der Waals surface area contributed by atoms with Crippen LogP contribution >= 0.6 is 0 Å². The van der Waals surface area contributed by atoms with E-state index in [2.05, 4.69) is 39.0 Å². The number of hydrogen-bond acceptors (Lipinski definition) is 1. The summed E-state index contributed by atoms with van der Waals surface area (Å²) in [5.74, 6) is 0.759. The van der Waals surface area contributed by atoms with Gasteiger partial charge in [0.25, 0.3) is 0 Å². The minimum atomic E-state index is -0.581. The summed E-state index contributed by atoms with van der Waals surface area (Å²) in [5.41, 5.74) is 3.08. The van der Waals surface area contributed by atoms with Gasteiger partial charge < -0.3 is 5.11 Å². The van der Waals surface area contributed by atoms with Crippen molar-refractivity contribution in [1.82, 2.24) is 0 Å². The minimum absolute atomic E-state index is 0.581. The summed E-state index contributed by atoms with van der Waals surface area (Å²) in [6.45, 7) is 6.53. The highest BCUT2D eigenvalue weighted by atomic mass is 16.3. The molecular formula is C16H24O. The van der Waals surface area contributed by atoms with E-state index in [0.29, 0.717) is 0 Å². The first-order chi connectivity index (χ1) is 8.01. The van der Waals surface area contributed by atoms with Gasteiger partial charge in [-0.2, -0.15) is 0 Å². The number of aliphatic hydroxyl groups is 1. The lowest BCUT2D eigenvalue weighted by Crippen LogP contribution is -2.26. The molecule has 1 aromatic rings. The Morgan fingerprint density at radius 2 is 1.94 bits per heavy atom. The highest BCUT2D eigenvalue weighted by molar-refractivity contribution is 5.34. The molecule has 94 valence electrons. The maximum atomic E-state index is 10.9. The average molecular weight is 232 g/mol. The van der Waals surface area contributed by atoms with E-state index in [1.54, 1.807) is 0 Å². The summed E-state index contributed by atoms with van der Waals surface area (Å²) in [5, 5.41) is 10.9. The van der Waals surface area contributed by atoms with Gasteiger partial charge in [-0.15, -0.1) is 0 Å². The molecule has 1 nitrogen and oxygen atoms in total. The van der Waals surface area contributed by atoms with Crippen molar-refractivity contribution < 1.29 is 5.11 Å². The summed E-state index contributed by atoms with van der Waals surface area (Å²) >= 11 is 0. The van der Waals surface area contributed by atoms with Crippen molar-refractivity contribution in [2.45, 2.75) is 58.5 Å². The molecule has 0 radical (unpaired) electrons. The van der Waals surface area contributed by atoms with Gasteiger partial charge in [0.05, 0.1) is 5.60 Å². The van der Waals surface area contributed by atoms with Crippen molar-refractivity contribution >= 4 is 0 Å². The first kappa shape index (κ1) is 12.6. The Morgan fingerprint density at radius 1 is 1.18 bits per heavy atom. The third-order valence-corrected chi connectivity index (χ3v) is 4.22. The van der Waals surface area contributed by atoms with Crippen LogP contribution in [0.5, 0.6) is 0 Å². The van der Waals surface area contributed by atoms with E-state index in [1.165, 1.54) is 17.5 Å². The van der Waals surface area contributed by atoms with Crippen molar-refractivity contribution in [2.75, 3.05) is 0 Å². The molecule has 1 aromatic carbocycles. The van der Waals surface area contributed by atoms with Gasteiger partial charge in [-0.05, 0) is 56.6 Å². The molecule has 1 aliphatic carbocycles. The van der Waals surface area contributed by atoms with Crippen LogP contribution in [0, 0.1) is 19.8 Å². The monoisotopic (exact) mass is 232 g/mol. The molecule has 2 unspecified atom stereocenters. The summed E-state index contributed by atoms with van der Waals surface area (Å²) < 4.78 is 0. The normalized spacial score (nSPS) is 30.0. The zero-order valence-corrected chi connectivity index (χ0v) is 11.3. The lowest BCUT2D eigenvalue weighted by atomic mass is 9.83. The van der Waals surface area contributed by atoms with Crippen molar-refractivity contribution in [3.05, 3.63) is 34.9 Å². The quantitative estimate of drug-likeness (QED) is 0.723. The first-order valence-corrected chi connectivity index (χ1v) is 6.81. The second-order valence-corrected chi connectivity index (χ2v) is 5.89. The van der Waals surface area contributed by atoms with Crippen molar-refractivity contribution in [3.63, 3.8) is 0 Å². The molecule has 2 rings (SSSR count). The van der Waals surface area contributed by atoms with Gasteiger partial charge in [0.1, 0.15) is 0 Å². The van der Waals surface area contributed by atoms with Gasteiger partial charge in [-0.25, -0.2) is 0 Å². The molecule has 1 saturated carbocycles. The lowest BCUT2D eigenvalue weighted by Gasteiger charge is -2.29. The van der Waals surface area contributed by atoms with Crippen LogP contribution in [0.25, 0.3) is 0 Å². The first-order valence-electron chi connectivity index (χ1n) is 6.81. The van der Waals surface area contributed by atoms with Crippen LogP contribution in [0.4, 0.5) is 0 Å². The maximum absolute atomic E-state index is 10.9. The van der Waals surface area contributed by atoms with Crippen molar-refractivity contribution in [1.29, 1.82) is 0 Å². The number of aryl methyl sites for hydroxylation is 2. The molecule has 0 bridgehead atoms. The van der Waals surface area contributed by atoms with E-state index in [1.807, 2.05) is 0 Å². The van der Waals surface area contributed by atoms with Gasteiger partial charge >= 0.3 is 0 Å². The van der Waals surface area contributed by atoms with Gasteiger partial charge in [-0.1, -0.05) is 37.1 Å². The Balaban J connectivity index is 2.30. The largest absolute Gasteiger partial charge is 0.385 e. The van der Waals surface area contributed by atoms with Gasteiger partial charge in [0.2, 0.25) is 0 Å². The van der Waals surface area contributed by atoms with Gasteiger partial charge in [0, 0.05) is 0 Å². The zero-order valence-electron chi connectivity index (χ0n) is 11.3. The van der Waals surface area contributed by atoms with Gasteiger partial charge in [0.15, 0.2) is 0 Å². The molecule has 17 heavy (non-hydrogen) atoms. The standard InChI is InChI=1S/C16H24O/c1-12-5-4-9-16(17,10-8-12)15-7-6-13(2)11-14(15)3/h6-7,11-12,17H,4-5,8-10H2,1-3H3. The smallest absolute Gasteiger partial charge is 0.0899 e. The molecule has 0 heterocycles. The molecule has 0 amide bonds. The van der Waals surface area contributed by atoms with Crippen LogP contribution in [-0.2, 0) is 5.60 Å². The Bertz CT molecular complexity index is 397. The molecule has 0 spiro atoms. The second kappa shape index (κ2) is 4.81. The third-order valence-electron chi connectivity index (χ3n) is 4.22. The molecule has 0 aromatic heterocycles. The van der Waals surface area contributed by atoms with Crippen LogP contribution in [0.15, 0.2) is 18.2 Å². The summed E-state index contributed by atoms with van der Waals surface area (Å²) in [6, 6.07) is 6.43. The second-order valence-electron chi connectivity index (χ2n) is 5.89. The summed E-state index contributed by atoms with van der Waals surface area (Å²) in [4.78, 5) is 0. The zero-order chi connectivity index (χ0) is 12.5. The fourth-order valence-corrected chi connectivity index (χ4v) is 3.10. The molecular weight excluding hydrogens is 208 g/mol. The number of rotatable bonds is 1. The SMILES string of the molecule is Cc1ccc(C2(O)CCCC(C)CC2)c(C)c1. The van der Waals surface area contributed by atoms with Gasteiger partial charge in [-0.3, -0.25) is 0 Å². The molecule has 1 aliphatic rings. The predicted octanol–water partition coefficient (Wildman–Crippen LogP) is 4.09. The van der Waals surface area contributed by atoms with E-state index >= 15 is 0 Å². The van der Waals surface area contributed by atoms with Crippen LogP contribution < -0.4 is 0 Å². The van der Waals surface area contributed by atoms with E-state index in [4.69, 9.17) is 0 Å². The Hall–Kier alpha value is -0.820. The molecule has 2 atom stereocenters. The molecule has 1 N–H and O–H groups in total. The van der Waals surface area contributed by atoms with E-state index in [9.17, 15) is 5.11 Å². The van der Waals surface area contributed by atoms with Crippen LogP contribution in [0.3, 0.4) is 0 Å². The molecule has 1 heteroatoms. The third kappa shape index (κ3) is 2.71.